The highest BCUT2D eigenvalue weighted by atomic mass is 35.5. The van der Waals surface area contributed by atoms with Crippen molar-refractivity contribution in [2.75, 3.05) is 25.5 Å². The predicted octanol–water partition coefficient (Wildman–Crippen LogP) is 2.74. The van der Waals surface area contributed by atoms with Crippen molar-refractivity contribution in [3.8, 4) is 11.3 Å². The highest BCUT2D eigenvalue weighted by molar-refractivity contribution is 6.36. The Morgan fingerprint density at radius 2 is 2.19 bits per heavy atom. The number of aromatic nitrogens is 3. The van der Waals surface area contributed by atoms with E-state index in [0.29, 0.717) is 22.2 Å². The van der Waals surface area contributed by atoms with Gasteiger partial charge in [0.2, 0.25) is 0 Å². The Balaban J connectivity index is 1.63. The molecule has 1 atom stereocenters. The normalized spacial score (nSPS) is 17.8. The number of benzene rings is 1. The van der Waals surface area contributed by atoms with Crippen LogP contribution in [0.5, 0.6) is 0 Å². The van der Waals surface area contributed by atoms with Gasteiger partial charge in [-0.15, -0.1) is 0 Å². The van der Waals surface area contributed by atoms with E-state index in [4.69, 9.17) is 19.4 Å². The zero-order chi connectivity index (χ0) is 18.1. The Labute approximate surface area is 159 Å². The number of rotatable bonds is 5. The Bertz CT molecular complexity index is 925. The minimum Gasteiger partial charge on any atom is -0.370 e. The molecule has 3 heterocycles. The van der Waals surface area contributed by atoms with Gasteiger partial charge in [0.25, 0.3) is 0 Å². The van der Waals surface area contributed by atoms with Crippen molar-refractivity contribution in [3.05, 3.63) is 41.6 Å². The van der Waals surface area contributed by atoms with Crippen LogP contribution in [0.1, 0.15) is 19.3 Å². The van der Waals surface area contributed by atoms with Crippen LogP contribution < -0.4 is 10.8 Å². The first-order chi connectivity index (χ1) is 12.6. The molecule has 0 bridgehead atoms. The number of nitrogens with one attached hydrogen (secondary N) is 1. The topological polar surface area (TPSA) is 45.5 Å². The maximum atomic E-state index is 6.36. The molecule has 3 aromatic rings. The first-order valence-electron chi connectivity index (χ1n) is 8.97. The molecule has 0 saturated carbocycles. The maximum Gasteiger partial charge on any atom is 0.150 e. The monoisotopic (exact) mass is 365 g/mol. The molecule has 1 aromatic carbocycles. The molecule has 26 heavy (non-hydrogen) atoms. The minimum absolute atomic E-state index is 0.553. The summed E-state index contributed by atoms with van der Waals surface area (Å²) in [5.41, 5.74) is 2.87. The number of fused-ring (bicyclic) bond motifs is 1. The van der Waals surface area contributed by atoms with Gasteiger partial charge in [0.1, 0.15) is 13.7 Å². The second-order valence-corrected chi connectivity index (χ2v) is 7.24. The summed E-state index contributed by atoms with van der Waals surface area (Å²) in [6.07, 6.45) is 5.28. The summed E-state index contributed by atoms with van der Waals surface area (Å²) < 4.78 is 1.76. The van der Waals surface area contributed by atoms with Gasteiger partial charge in [-0.05, 0) is 44.4 Å². The number of anilines is 1. The first kappa shape index (κ1) is 17.4. The van der Waals surface area contributed by atoms with Crippen LogP contribution in [-0.4, -0.2) is 53.5 Å². The van der Waals surface area contributed by atoms with E-state index in [-0.39, 0.29) is 0 Å². The van der Waals surface area contributed by atoms with Crippen molar-refractivity contribution in [1.29, 1.82) is 0 Å². The second-order valence-electron chi connectivity index (χ2n) is 6.83. The lowest BCUT2D eigenvalue weighted by Crippen LogP contribution is -2.27. The fourth-order valence-corrected chi connectivity index (χ4v) is 3.86. The Hall–Kier alpha value is -2.05. The summed E-state index contributed by atoms with van der Waals surface area (Å²) >= 11 is 6.36. The smallest absolute Gasteiger partial charge is 0.150 e. The molecule has 0 aliphatic carbocycles. The summed E-state index contributed by atoms with van der Waals surface area (Å²) in [5.74, 6) is 0.877. The van der Waals surface area contributed by atoms with Crippen molar-refractivity contribution in [1.82, 2.24) is 19.5 Å². The van der Waals surface area contributed by atoms with Crippen LogP contribution in [0.15, 0.2) is 36.5 Å². The molecule has 0 amide bonds. The predicted molar refractivity (Wildman–Crippen MR) is 108 cm³/mol. The summed E-state index contributed by atoms with van der Waals surface area (Å²) in [4.78, 5) is 7.10. The van der Waals surface area contributed by atoms with Crippen molar-refractivity contribution in [3.63, 3.8) is 0 Å². The van der Waals surface area contributed by atoms with E-state index < -0.39 is 0 Å². The van der Waals surface area contributed by atoms with Gasteiger partial charge in [-0.3, -0.25) is 0 Å². The third kappa shape index (κ3) is 3.31. The average molecular weight is 366 g/mol. The molecular formula is C19H21BClN5. The third-order valence-corrected chi connectivity index (χ3v) is 5.43. The standard InChI is InChI=1S/C19H21BClN5/c1-25-10-4-5-13(25)8-9-22-18-11-17(14-6-2-3-7-16(14)21)24-19-15(20)12-23-26(18)19/h2-3,6-7,11-13,22H,4-5,8-10H2,1H3. The Morgan fingerprint density at radius 3 is 2.96 bits per heavy atom. The van der Waals surface area contributed by atoms with E-state index in [0.717, 1.165) is 30.0 Å². The van der Waals surface area contributed by atoms with E-state index in [2.05, 4.69) is 27.3 Å². The van der Waals surface area contributed by atoms with Gasteiger partial charge < -0.3 is 10.2 Å². The summed E-state index contributed by atoms with van der Waals surface area (Å²) in [7, 11) is 8.26. The molecule has 2 radical (unpaired) electrons. The number of hydrogen-bond acceptors (Lipinski definition) is 4. The summed E-state index contributed by atoms with van der Waals surface area (Å²) in [6, 6.07) is 10.3. The second kappa shape index (κ2) is 7.29. The lowest BCUT2D eigenvalue weighted by atomic mass is 10.0. The van der Waals surface area contributed by atoms with Gasteiger partial charge in [0.15, 0.2) is 5.65 Å². The fraction of sp³-hybridized carbons (Fsp3) is 0.368. The molecular weight excluding hydrogens is 345 g/mol. The van der Waals surface area contributed by atoms with E-state index >= 15 is 0 Å². The molecule has 2 aromatic heterocycles. The van der Waals surface area contributed by atoms with E-state index in [9.17, 15) is 0 Å². The van der Waals surface area contributed by atoms with Crippen molar-refractivity contribution >= 4 is 36.4 Å². The molecule has 4 rings (SSSR count). The number of likely N-dealkylation sites (tertiary alicyclic amines) is 1. The molecule has 5 nitrogen and oxygen atoms in total. The molecule has 1 aliphatic rings. The van der Waals surface area contributed by atoms with Gasteiger partial charge in [-0.1, -0.05) is 29.8 Å². The van der Waals surface area contributed by atoms with Crippen LogP contribution in [-0.2, 0) is 0 Å². The molecule has 1 aliphatic heterocycles. The zero-order valence-electron chi connectivity index (χ0n) is 14.8. The maximum absolute atomic E-state index is 6.36. The van der Waals surface area contributed by atoms with Crippen molar-refractivity contribution in [2.45, 2.75) is 25.3 Å². The van der Waals surface area contributed by atoms with Crippen LogP contribution >= 0.6 is 11.6 Å². The summed E-state index contributed by atoms with van der Waals surface area (Å²) in [5, 5.41) is 8.54. The van der Waals surface area contributed by atoms with Crippen LogP contribution in [0.4, 0.5) is 5.82 Å². The zero-order valence-corrected chi connectivity index (χ0v) is 15.6. The quantitative estimate of drug-likeness (QED) is 0.706. The van der Waals surface area contributed by atoms with Gasteiger partial charge in [0.05, 0.1) is 5.69 Å². The molecule has 7 heteroatoms. The third-order valence-electron chi connectivity index (χ3n) is 5.10. The van der Waals surface area contributed by atoms with E-state index in [1.165, 1.54) is 19.4 Å². The van der Waals surface area contributed by atoms with E-state index in [1.807, 2.05) is 30.3 Å². The summed E-state index contributed by atoms with van der Waals surface area (Å²) in [6.45, 7) is 2.06. The largest absolute Gasteiger partial charge is 0.370 e. The number of nitrogens with zero attached hydrogens (tertiary/aromatic N) is 4. The van der Waals surface area contributed by atoms with Crippen molar-refractivity contribution in [2.24, 2.45) is 0 Å². The number of hydrogen-bond donors (Lipinski definition) is 1. The minimum atomic E-state index is 0.553. The highest BCUT2D eigenvalue weighted by Crippen LogP contribution is 2.28. The molecule has 1 unspecified atom stereocenters. The lowest BCUT2D eigenvalue weighted by Gasteiger charge is -2.20. The molecule has 0 spiro atoms. The highest BCUT2D eigenvalue weighted by Gasteiger charge is 2.20. The number of halogens is 1. The average Bonchev–Trinajstić information content (AvgIpc) is 3.22. The van der Waals surface area contributed by atoms with Gasteiger partial charge in [-0.2, -0.15) is 9.61 Å². The molecule has 1 saturated heterocycles. The Morgan fingerprint density at radius 1 is 1.35 bits per heavy atom. The van der Waals surface area contributed by atoms with E-state index in [1.54, 1.807) is 10.7 Å². The van der Waals surface area contributed by atoms with Crippen LogP contribution in [0, 0.1) is 0 Å². The Kier molecular flexibility index (Phi) is 4.87. The fourth-order valence-electron chi connectivity index (χ4n) is 3.62. The first-order valence-corrected chi connectivity index (χ1v) is 9.34. The van der Waals surface area contributed by atoms with Gasteiger partial charge in [0, 0.05) is 35.4 Å². The molecule has 1 fully saturated rings. The van der Waals surface area contributed by atoms with Crippen LogP contribution in [0.25, 0.3) is 16.9 Å². The molecule has 132 valence electrons. The van der Waals surface area contributed by atoms with Gasteiger partial charge in [-0.25, -0.2) is 4.98 Å². The SMILES string of the molecule is [B]c1cnn2c(NCCC3CCCN3C)cc(-c3ccccc3Cl)nc12. The van der Waals surface area contributed by atoms with Crippen molar-refractivity contribution < 1.29 is 0 Å². The molecule has 1 N–H and O–H groups in total. The van der Waals surface area contributed by atoms with Crippen LogP contribution in [0.3, 0.4) is 0 Å². The van der Waals surface area contributed by atoms with Crippen LogP contribution in [0.2, 0.25) is 5.02 Å². The van der Waals surface area contributed by atoms with Gasteiger partial charge >= 0.3 is 0 Å². The lowest BCUT2D eigenvalue weighted by molar-refractivity contribution is 0.301.